The van der Waals surface area contributed by atoms with E-state index in [4.69, 9.17) is 5.73 Å². The van der Waals surface area contributed by atoms with Gasteiger partial charge in [0.05, 0.1) is 6.10 Å². The SMILES string of the molecule is Cc1ccc(C)c(C(O)C2(CN)CCC(C)(C)CC2)c1. The topological polar surface area (TPSA) is 46.2 Å². The summed E-state index contributed by atoms with van der Waals surface area (Å²) in [5.74, 6) is 0. The van der Waals surface area contributed by atoms with E-state index >= 15 is 0 Å². The molecule has 1 aliphatic rings. The number of rotatable bonds is 3. The highest BCUT2D eigenvalue weighted by atomic mass is 16.3. The molecule has 1 aromatic carbocycles. The van der Waals surface area contributed by atoms with E-state index in [0.29, 0.717) is 12.0 Å². The third kappa shape index (κ3) is 2.91. The number of hydrogen-bond donors (Lipinski definition) is 2. The molecule has 1 aromatic rings. The lowest BCUT2D eigenvalue weighted by Crippen LogP contribution is -2.42. The van der Waals surface area contributed by atoms with Gasteiger partial charge in [0.15, 0.2) is 0 Å². The molecule has 1 atom stereocenters. The average molecular weight is 275 g/mol. The summed E-state index contributed by atoms with van der Waals surface area (Å²) in [5, 5.41) is 11.0. The molecule has 0 bridgehead atoms. The first-order valence-corrected chi connectivity index (χ1v) is 7.75. The zero-order chi connectivity index (χ0) is 15.0. The third-order valence-corrected chi connectivity index (χ3v) is 5.32. The van der Waals surface area contributed by atoms with Crippen molar-refractivity contribution < 1.29 is 5.11 Å². The molecule has 2 rings (SSSR count). The lowest BCUT2D eigenvalue weighted by molar-refractivity contribution is -0.0239. The van der Waals surface area contributed by atoms with Crippen molar-refractivity contribution in [1.82, 2.24) is 0 Å². The molecule has 0 spiro atoms. The molecule has 112 valence electrons. The summed E-state index contributed by atoms with van der Waals surface area (Å²) in [4.78, 5) is 0. The molecule has 3 N–H and O–H groups in total. The van der Waals surface area contributed by atoms with Crippen LogP contribution >= 0.6 is 0 Å². The first kappa shape index (κ1) is 15.5. The minimum absolute atomic E-state index is 0.145. The van der Waals surface area contributed by atoms with Crippen molar-refractivity contribution in [2.75, 3.05) is 6.54 Å². The Kier molecular flexibility index (Phi) is 4.27. The molecule has 0 aliphatic heterocycles. The summed E-state index contributed by atoms with van der Waals surface area (Å²) in [6.07, 6.45) is 3.89. The summed E-state index contributed by atoms with van der Waals surface area (Å²) in [7, 11) is 0. The van der Waals surface area contributed by atoms with Crippen molar-refractivity contribution in [2.45, 2.75) is 59.5 Å². The van der Waals surface area contributed by atoms with Gasteiger partial charge in [0.1, 0.15) is 0 Å². The second kappa shape index (κ2) is 5.50. The fraction of sp³-hybridized carbons (Fsp3) is 0.667. The van der Waals surface area contributed by atoms with Crippen LogP contribution in [0.2, 0.25) is 0 Å². The van der Waals surface area contributed by atoms with Gasteiger partial charge < -0.3 is 10.8 Å². The van der Waals surface area contributed by atoms with E-state index in [2.05, 4.69) is 45.9 Å². The molecule has 1 aliphatic carbocycles. The second-order valence-electron chi connectivity index (χ2n) is 7.49. The number of aryl methyl sites for hydroxylation is 2. The molecule has 1 fully saturated rings. The third-order valence-electron chi connectivity index (χ3n) is 5.32. The summed E-state index contributed by atoms with van der Waals surface area (Å²) in [6, 6.07) is 6.33. The van der Waals surface area contributed by atoms with Crippen molar-refractivity contribution in [2.24, 2.45) is 16.6 Å². The van der Waals surface area contributed by atoms with Gasteiger partial charge in [-0.05, 0) is 56.1 Å². The molecular weight excluding hydrogens is 246 g/mol. The van der Waals surface area contributed by atoms with Crippen LogP contribution in [0.5, 0.6) is 0 Å². The van der Waals surface area contributed by atoms with Crippen molar-refractivity contribution in [3.05, 3.63) is 34.9 Å². The van der Waals surface area contributed by atoms with Gasteiger partial charge in [-0.25, -0.2) is 0 Å². The van der Waals surface area contributed by atoms with Gasteiger partial charge in [-0.15, -0.1) is 0 Å². The van der Waals surface area contributed by atoms with Crippen LogP contribution in [0.1, 0.15) is 62.3 Å². The van der Waals surface area contributed by atoms with E-state index in [0.717, 1.165) is 31.2 Å². The predicted octanol–water partition coefficient (Wildman–Crippen LogP) is 3.88. The molecule has 20 heavy (non-hydrogen) atoms. The highest BCUT2D eigenvalue weighted by molar-refractivity contribution is 5.33. The summed E-state index contributed by atoms with van der Waals surface area (Å²) >= 11 is 0. The monoisotopic (exact) mass is 275 g/mol. The molecule has 2 nitrogen and oxygen atoms in total. The molecule has 0 amide bonds. The standard InChI is InChI=1S/C18H29NO/c1-13-5-6-14(2)15(11-13)16(20)18(12-19)9-7-17(3,4)8-10-18/h5-6,11,16,20H,7-10,12,19H2,1-4H3. The van der Waals surface area contributed by atoms with Gasteiger partial charge >= 0.3 is 0 Å². The zero-order valence-electron chi connectivity index (χ0n) is 13.4. The number of benzene rings is 1. The Hall–Kier alpha value is -0.860. The molecule has 1 unspecified atom stereocenters. The fourth-order valence-electron chi connectivity index (χ4n) is 3.40. The molecular formula is C18H29NO. The highest BCUT2D eigenvalue weighted by Gasteiger charge is 2.43. The Morgan fingerprint density at radius 2 is 1.75 bits per heavy atom. The number of aliphatic hydroxyl groups excluding tert-OH is 1. The summed E-state index contributed by atoms with van der Waals surface area (Å²) in [5.41, 5.74) is 9.77. The Bertz CT molecular complexity index is 468. The first-order valence-electron chi connectivity index (χ1n) is 7.75. The van der Waals surface area contributed by atoms with E-state index in [1.54, 1.807) is 0 Å². The van der Waals surface area contributed by atoms with Gasteiger partial charge in [0.25, 0.3) is 0 Å². The van der Waals surface area contributed by atoms with Crippen LogP contribution < -0.4 is 5.73 Å². The van der Waals surface area contributed by atoms with Crippen LogP contribution in [0.15, 0.2) is 18.2 Å². The Labute approximate surface area is 123 Å². The molecule has 1 saturated carbocycles. The lowest BCUT2D eigenvalue weighted by Gasteiger charge is -2.46. The Balaban J connectivity index is 2.30. The summed E-state index contributed by atoms with van der Waals surface area (Å²) < 4.78 is 0. The van der Waals surface area contributed by atoms with Crippen LogP contribution in [0, 0.1) is 24.7 Å². The van der Waals surface area contributed by atoms with Gasteiger partial charge in [0.2, 0.25) is 0 Å². The maximum absolute atomic E-state index is 11.0. The molecule has 0 heterocycles. The van der Waals surface area contributed by atoms with Crippen LogP contribution in [-0.2, 0) is 0 Å². The Morgan fingerprint density at radius 1 is 1.15 bits per heavy atom. The minimum Gasteiger partial charge on any atom is -0.388 e. The van der Waals surface area contributed by atoms with E-state index in [1.165, 1.54) is 11.1 Å². The lowest BCUT2D eigenvalue weighted by atomic mass is 9.61. The number of aliphatic hydroxyl groups is 1. The van der Waals surface area contributed by atoms with E-state index in [1.807, 2.05) is 0 Å². The van der Waals surface area contributed by atoms with Crippen LogP contribution in [-0.4, -0.2) is 11.7 Å². The van der Waals surface area contributed by atoms with E-state index in [-0.39, 0.29) is 5.41 Å². The largest absolute Gasteiger partial charge is 0.388 e. The normalized spacial score (nSPS) is 22.5. The fourth-order valence-corrected chi connectivity index (χ4v) is 3.40. The van der Waals surface area contributed by atoms with Crippen LogP contribution in [0.25, 0.3) is 0 Å². The van der Waals surface area contributed by atoms with Crippen molar-refractivity contribution in [3.8, 4) is 0 Å². The maximum atomic E-state index is 11.0. The highest BCUT2D eigenvalue weighted by Crippen LogP contribution is 2.51. The van der Waals surface area contributed by atoms with Gasteiger partial charge in [-0.1, -0.05) is 37.6 Å². The maximum Gasteiger partial charge on any atom is 0.0860 e. The van der Waals surface area contributed by atoms with Crippen LogP contribution in [0.4, 0.5) is 0 Å². The minimum atomic E-state index is -0.441. The van der Waals surface area contributed by atoms with E-state index in [9.17, 15) is 5.11 Å². The molecule has 0 aromatic heterocycles. The molecule has 2 heteroatoms. The second-order valence-corrected chi connectivity index (χ2v) is 7.49. The van der Waals surface area contributed by atoms with Gasteiger partial charge in [-0.2, -0.15) is 0 Å². The quantitative estimate of drug-likeness (QED) is 0.879. The Morgan fingerprint density at radius 3 is 2.30 bits per heavy atom. The molecule has 0 saturated heterocycles. The predicted molar refractivity (Wildman–Crippen MR) is 84.6 cm³/mol. The van der Waals surface area contributed by atoms with Crippen molar-refractivity contribution in [3.63, 3.8) is 0 Å². The van der Waals surface area contributed by atoms with Crippen molar-refractivity contribution in [1.29, 1.82) is 0 Å². The smallest absolute Gasteiger partial charge is 0.0860 e. The van der Waals surface area contributed by atoms with Crippen molar-refractivity contribution >= 4 is 0 Å². The average Bonchev–Trinajstić information content (AvgIpc) is 2.41. The van der Waals surface area contributed by atoms with Crippen LogP contribution in [0.3, 0.4) is 0 Å². The number of nitrogens with two attached hydrogens (primary N) is 1. The van der Waals surface area contributed by atoms with Gasteiger partial charge in [0, 0.05) is 12.0 Å². The van der Waals surface area contributed by atoms with Gasteiger partial charge in [-0.3, -0.25) is 0 Å². The first-order chi connectivity index (χ1) is 9.30. The molecule has 0 radical (unpaired) electrons. The number of hydrogen-bond acceptors (Lipinski definition) is 2. The van der Waals surface area contributed by atoms with E-state index < -0.39 is 6.10 Å². The zero-order valence-corrected chi connectivity index (χ0v) is 13.4. The summed E-state index contributed by atoms with van der Waals surface area (Å²) in [6.45, 7) is 9.36.